The molecule has 0 saturated heterocycles. The number of aliphatic hydroxyl groups is 1. The molecule has 4 heteroatoms. The first kappa shape index (κ1) is 14.1. The van der Waals surface area contributed by atoms with Crippen LogP contribution in [0.5, 0.6) is 0 Å². The summed E-state index contributed by atoms with van der Waals surface area (Å²) in [5.41, 5.74) is 1.92. The lowest BCUT2D eigenvalue weighted by molar-refractivity contribution is 0.272. The Hall–Kier alpha value is -1.34. The SMILES string of the molecule is N#C[C@H](c1ccccc1)[C@@H](CCO)c1ccsc1Cl. The van der Waals surface area contributed by atoms with Crippen LogP contribution in [0.15, 0.2) is 41.8 Å². The number of nitriles is 1. The number of aliphatic hydroxyl groups excluding tert-OH is 1. The Labute approximate surface area is 121 Å². The van der Waals surface area contributed by atoms with Crippen molar-refractivity contribution in [3.63, 3.8) is 0 Å². The lowest BCUT2D eigenvalue weighted by Gasteiger charge is -2.21. The summed E-state index contributed by atoms with van der Waals surface area (Å²) < 4.78 is 0.703. The minimum Gasteiger partial charge on any atom is -0.396 e. The van der Waals surface area contributed by atoms with Crippen LogP contribution in [0.25, 0.3) is 0 Å². The highest BCUT2D eigenvalue weighted by atomic mass is 35.5. The second-order valence-corrected chi connectivity index (χ2v) is 5.80. The van der Waals surface area contributed by atoms with E-state index in [1.54, 1.807) is 0 Å². The zero-order valence-corrected chi connectivity index (χ0v) is 11.9. The summed E-state index contributed by atoms with van der Waals surface area (Å²) in [5.74, 6) is -0.364. The number of halogens is 1. The third kappa shape index (κ3) is 3.16. The van der Waals surface area contributed by atoms with E-state index < -0.39 is 0 Å². The van der Waals surface area contributed by atoms with Gasteiger partial charge >= 0.3 is 0 Å². The normalized spacial score (nSPS) is 13.7. The molecule has 2 atom stereocenters. The molecular weight excluding hydrogens is 278 g/mol. The molecule has 1 aromatic heterocycles. The van der Waals surface area contributed by atoms with E-state index in [2.05, 4.69) is 6.07 Å². The van der Waals surface area contributed by atoms with E-state index in [1.807, 2.05) is 41.8 Å². The highest BCUT2D eigenvalue weighted by molar-refractivity contribution is 7.14. The molecule has 0 bridgehead atoms. The molecular formula is C15H14ClNOS. The van der Waals surface area contributed by atoms with Gasteiger partial charge in [0.2, 0.25) is 0 Å². The Bertz CT molecular complexity index is 561. The maximum atomic E-state index is 9.49. The largest absolute Gasteiger partial charge is 0.396 e. The van der Waals surface area contributed by atoms with Crippen molar-refractivity contribution in [3.8, 4) is 6.07 Å². The number of rotatable bonds is 5. The maximum Gasteiger partial charge on any atom is 0.0963 e. The van der Waals surface area contributed by atoms with Gasteiger partial charge in [-0.2, -0.15) is 5.26 Å². The molecule has 0 fully saturated rings. The van der Waals surface area contributed by atoms with Crippen LogP contribution in [0.2, 0.25) is 4.34 Å². The third-order valence-electron chi connectivity index (χ3n) is 3.19. The van der Waals surface area contributed by atoms with E-state index >= 15 is 0 Å². The quantitative estimate of drug-likeness (QED) is 0.898. The molecule has 2 rings (SSSR count). The second-order valence-electron chi connectivity index (χ2n) is 4.29. The van der Waals surface area contributed by atoms with Crippen LogP contribution < -0.4 is 0 Å². The van der Waals surface area contributed by atoms with Crippen molar-refractivity contribution in [2.45, 2.75) is 18.3 Å². The summed E-state index contributed by atoms with van der Waals surface area (Å²) in [6.07, 6.45) is 0.531. The van der Waals surface area contributed by atoms with Gasteiger partial charge in [-0.15, -0.1) is 11.3 Å². The smallest absolute Gasteiger partial charge is 0.0963 e. The molecule has 0 unspecified atom stereocenters. The number of benzene rings is 1. The summed E-state index contributed by atoms with van der Waals surface area (Å²) in [6, 6.07) is 14.0. The summed E-state index contributed by atoms with van der Waals surface area (Å²) in [5, 5.41) is 20.7. The van der Waals surface area contributed by atoms with Gasteiger partial charge in [0.25, 0.3) is 0 Å². The molecule has 0 saturated carbocycles. The average Bonchev–Trinajstić information content (AvgIpc) is 2.86. The molecule has 2 aromatic rings. The maximum absolute atomic E-state index is 9.49. The Morgan fingerprint density at radius 2 is 2.00 bits per heavy atom. The Morgan fingerprint density at radius 1 is 1.26 bits per heavy atom. The van der Waals surface area contributed by atoms with Gasteiger partial charge in [-0.3, -0.25) is 0 Å². The van der Waals surface area contributed by atoms with Gasteiger partial charge in [0.1, 0.15) is 0 Å². The summed E-state index contributed by atoms with van der Waals surface area (Å²) in [4.78, 5) is 0. The molecule has 0 amide bonds. The number of hydrogen-bond donors (Lipinski definition) is 1. The number of hydrogen-bond acceptors (Lipinski definition) is 3. The molecule has 0 aliphatic rings. The van der Waals surface area contributed by atoms with E-state index in [-0.39, 0.29) is 18.4 Å². The molecule has 0 aliphatic heterocycles. The van der Waals surface area contributed by atoms with Crippen molar-refractivity contribution in [2.24, 2.45) is 0 Å². The minimum atomic E-state index is -0.291. The van der Waals surface area contributed by atoms with Gasteiger partial charge in [0, 0.05) is 12.5 Å². The van der Waals surface area contributed by atoms with E-state index in [0.717, 1.165) is 11.1 Å². The van der Waals surface area contributed by atoms with E-state index in [4.69, 9.17) is 11.6 Å². The monoisotopic (exact) mass is 291 g/mol. The summed E-state index contributed by atoms with van der Waals surface area (Å²) in [7, 11) is 0. The number of thiophene rings is 1. The van der Waals surface area contributed by atoms with Gasteiger partial charge in [0.15, 0.2) is 0 Å². The first-order chi connectivity index (χ1) is 9.27. The zero-order chi connectivity index (χ0) is 13.7. The summed E-state index contributed by atoms with van der Waals surface area (Å²) >= 11 is 7.64. The zero-order valence-electron chi connectivity index (χ0n) is 10.3. The molecule has 1 aromatic carbocycles. The fourth-order valence-electron chi connectivity index (χ4n) is 2.27. The molecule has 1 heterocycles. The van der Waals surface area contributed by atoms with Crippen LogP contribution in [0, 0.1) is 11.3 Å². The fourth-order valence-corrected chi connectivity index (χ4v) is 3.32. The molecule has 19 heavy (non-hydrogen) atoms. The lowest BCUT2D eigenvalue weighted by atomic mass is 9.81. The Kier molecular flexibility index (Phi) is 4.98. The van der Waals surface area contributed by atoms with Gasteiger partial charge in [0.05, 0.1) is 16.3 Å². The van der Waals surface area contributed by atoms with E-state index in [1.165, 1.54) is 11.3 Å². The molecule has 0 radical (unpaired) electrons. The van der Waals surface area contributed by atoms with Crippen molar-refractivity contribution >= 4 is 22.9 Å². The molecule has 98 valence electrons. The van der Waals surface area contributed by atoms with Gasteiger partial charge in [-0.25, -0.2) is 0 Å². The molecule has 2 nitrogen and oxygen atoms in total. The van der Waals surface area contributed by atoms with Gasteiger partial charge < -0.3 is 5.11 Å². The Morgan fingerprint density at radius 3 is 2.53 bits per heavy atom. The predicted molar refractivity (Wildman–Crippen MR) is 78.6 cm³/mol. The molecule has 1 N–H and O–H groups in total. The average molecular weight is 292 g/mol. The predicted octanol–water partition coefficient (Wildman–Crippen LogP) is 4.17. The van der Waals surface area contributed by atoms with Crippen LogP contribution in [0.1, 0.15) is 29.4 Å². The highest BCUT2D eigenvalue weighted by Crippen LogP contribution is 2.40. The lowest BCUT2D eigenvalue weighted by Crippen LogP contribution is -2.11. The van der Waals surface area contributed by atoms with Crippen LogP contribution in [-0.4, -0.2) is 11.7 Å². The van der Waals surface area contributed by atoms with E-state index in [0.29, 0.717) is 10.8 Å². The van der Waals surface area contributed by atoms with Crippen molar-refractivity contribution in [2.75, 3.05) is 6.61 Å². The second kappa shape index (κ2) is 6.72. The fraction of sp³-hybridized carbons (Fsp3) is 0.267. The first-order valence-corrected chi connectivity index (χ1v) is 7.32. The highest BCUT2D eigenvalue weighted by Gasteiger charge is 2.26. The molecule has 0 aliphatic carbocycles. The first-order valence-electron chi connectivity index (χ1n) is 6.06. The minimum absolute atomic E-state index is 0.0435. The van der Waals surface area contributed by atoms with Crippen molar-refractivity contribution < 1.29 is 5.11 Å². The van der Waals surface area contributed by atoms with Crippen LogP contribution in [-0.2, 0) is 0 Å². The van der Waals surface area contributed by atoms with Crippen molar-refractivity contribution in [3.05, 3.63) is 57.2 Å². The van der Waals surface area contributed by atoms with Crippen LogP contribution in [0.3, 0.4) is 0 Å². The third-order valence-corrected chi connectivity index (χ3v) is 4.39. The summed E-state index contributed by atoms with van der Waals surface area (Å²) in [6.45, 7) is 0.0435. The van der Waals surface area contributed by atoms with Crippen LogP contribution >= 0.6 is 22.9 Å². The van der Waals surface area contributed by atoms with Gasteiger partial charge in [-0.1, -0.05) is 41.9 Å². The van der Waals surface area contributed by atoms with Crippen molar-refractivity contribution in [1.29, 1.82) is 5.26 Å². The number of nitrogens with zero attached hydrogens (tertiary/aromatic N) is 1. The standard InChI is InChI=1S/C15H14ClNOS/c16-15-13(7-9-19-15)12(6-8-18)14(10-17)11-4-2-1-3-5-11/h1-5,7,9,12,14,18H,6,8H2/t12-,14+/m0/s1. The Balaban J connectivity index is 2.38. The molecule has 0 spiro atoms. The van der Waals surface area contributed by atoms with E-state index in [9.17, 15) is 10.4 Å². The van der Waals surface area contributed by atoms with Crippen molar-refractivity contribution in [1.82, 2.24) is 0 Å². The van der Waals surface area contributed by atoms with Crippen LogP contribution in [0.4, 0.5) is 0 Å². The van der Waals surface area contributed by atoms with Gasteiger partial charge in [-0.05, 0) is 29.0 Å². The topological polar surface area (TPSA) is 44.0 Å².